The molecule has 0 aromatic carbocycles. The maximum atomic E-state index is 11.4. The molecule has 8 nitrogen and oxygen atoms in total. The van der Waals surface area contributed by atoms with Crippen LogP contribution in [0.4, 0.5) is 9.59 Å². The number of amides is 4. The molecule has 2 saturated heterocycles. The SMILES string of the molecule is O=C([O-])CCCN1C(=O)N[C@@H]2NC(=O)N[C@H]21. The monoisotopic (exact) mass is 227 g/mol. The van der Waals surface area contributed by atoms with E-state index in [2.05, 4.69) is 16.0 Å². The summed E-state index contributed by atoms with van der Waals surface area (Å²) in [5.41, 5.74) is 0. The van der Waals surface area contributed by atoms with Crippen molar-refractivity contribution in [3.63, 3.8) is 0 Å². The molecule has 0 bridgehead atoms. The molecule has 8 heteroatoms. The van der Waals surface area contributed by atoms with E-state index in [1.54, 1.807) is 0 Å². The van der Waals surface area contributed by atoms with Crippen molar-refractivity contribution in [2.45, 2.75) is 25.2 Å². The van der Waals surface area contributed by atoms with Crippen molar-refractivity contribution in [2.24, 2.45) is 0 Å². The average Bonchev–Trinajstić information content (AvgIpc) is 2.64. The van der Waals surface area contributed by atoms with Crippen molar-refractivity contribution < 1.29 is 19.5 Å². The summed E-state index contributed by atoms with van der Waals surface area (Å²) in [5.74, 6) is -1.15. The van der Waals surface area contributed by atoms with Crippen LogP contribution in [0.25, 0.3) is 0 Å². The fraction of sp³-hybridized carbons (Fsp3) is 0.625. The van der Waals surface area contributed by atoms with Crippen LogP contribution in [-0.4, -0.2) is 41.8 Å². The molecule has 88 valence electrons. The smallest absolute Gasteiger partial charge is 0.320 e. The van der Waals surface area contributed by atoms with Crippen LogP contribution >= 0.6 is 0 Å². The minimum absolute atomic E-state index is 0.109. The van der Waals surface area contributed by atoms with Gasteiger partial charge in [-0.1, -0.05) is 0 Å². The average molecular weight is 227 g/mol. The van der Waals surface area contributed by atoms with E-state index < -0.39 is 18.3 Å². The number of fused-ring (bicyclic) bond motifs is 1. The molecule has 0 aromatic rings. The normalized spacial score (nSPS) is 27.1. The number of carboxylic acid groups (broad SMARTS) is 1. The molecule has 0 unspecified atom stereocenters. The lowest BCUT2D eigenvalue weighted by atomic mass is 10.3. The van der Waals surface area contributed by atoms with Crippen molar-refractivity contribution in [1.82, 2.24) is 20.9 Å². The van der Waals surface area contributed by atoms with Crippen LogP contribution in [0.1, 0.15) is 12.8 Å². The molecular formula is C8H11N4O4-. The highest BCUT2D eigenvalue weighted by atomic mass is 16.4. The highest BCUT2D eigenvalue weighted by molar-refractivity contribution is 5.84. The Balaban J connectivity index is 1.90. The summed E-state index contributed by atoms with van der Waals surface area (Å²) < 4.78 is 0. The minimum Gasteiger partial charge on any atom is -0.550 e. The van der Waals surface area contributed by atoms with E-state index in [0.717, 1.165) is 0 Å². The summed E-state index contributed by atoms with van der Waals surface area (Å²) >= 11 is 0. The lowest BCUT2D eigenvalue weighted by molar-refractivity contribution is -0.305. The van der Waals surface area contributed by atoms with Crippen LogP contribution in [0.5, 0.6) is 0 Å². The number of nitrogens with zero attached hydrogens (tertiary/aromatic N) is 1. The predicted molar refractivity (Wildman–Crippen MR) is 48.7 cm³/mol. The van der Waals surface area contributed by atoms with Crippen LogP contribution < -0.4 is 21.1 Å². The van der Waals surface area contributed by atoms with Crippen molar-refractivity contribution >= 4 is 18.0 Å². The van der Waals surface area contributed by atoms with Gasteiger partial charge in [0, 0.05) is 12.5 Å². The second-order valence-corrected chi connectivity index (χ2v) is 3.66. The Kier molecular flexibility index (Phi) is 2.55. The van der Waals surface area contributed by atoms with Gasteiger partial charge in [-0.3, -0.25) is 0 Å². The van der Waals surface area contributed by atoms with Crippen molar-refractivity contribution in [1.29, 1.82) is 0 Å². The topological polar surface area (TPSA) is 114 Å². The fourth-order valence-corrected chi connectivity index (χ4v) is 1.83. The van der Waals surface area contributed by atoms with Crippen molar-refractivity contribution in [3.05, 3.63) is 0 Å². The highest BCUT2D eigenvalue weighted by Gasteiger charge is 2.44. The Morgan fingerprint density at radius 1 is 1.31 bits per heavy atom. The van der Waals surface area contributed by atoms with Crippen molar-refractivity contribution in [2.75, 3.05) is 6.54 Å². The first-order chi connectivity index (χ1) is 7.58. The van der Waals surface area contributed by atoms with Gasteiger partial charge in [-0.15, -0.1) is 0 Å². The summed E-state index contributed by atoms with van der Waals surface area (Å²) in [5, 5.41) is 17.9. The molecule has 2 heterocycles. The third-order valence-corrected chi connectivity index (χ3v) is 2.54. The molecule has 2 aliphatic rings. The Labute approximate surface area is 91.0 Å². The molecule has 16 heavy (non-hydrogen) atoms. The van der Waals surface area contributed by atoms with Gasteiger partial charge in [0.15, 0.2) is 0 Å². The molecule has 0 saturated carbocycles. The van der Waals surface area contributed by atoms with Crippen LogP contribution in [0.3, 0.4) is 0 Å². The van der Waals surface area contributed by atoms with Crippen molar-refractivity contribution in [3.8, 4) is 0 Å². The van der Waals surface area contributed by atoms with Gasteiger partial charge >= 0.3 is 12.1 Å². The molecule has 2 aliphatic heterocycles. The molecular weight excluding hydrogens is 216 g/mol. The van der Waals surface area contributed by atoms with E-state index >= 15 is 0 Å². The third-order valence-electron chi connectivity index (χ3n) is 2.54. The first-order valence-corrected chi connectivity index (χ1v) is 4.92. The summed E-state index contributed by atoms with van der Waals surface area (Å²) in [7, 11) is 0. The molecule has 3 N–H and O–H groups in total. The molecule has 0 aliphatic carbocycles. The van der Waals surface area contributed by atoms with Gasteiger partial charge < -0.3 is 30.8 Å². The van der Waals surface area contributed by atoms with Crippen LogP contribution in [0.15, 0.2) is 0 Å². The van der Waals surface area contributed by atoms with Gasteiger partial charge in [-0.25, -0.2) is 9.59 Å². The summed E-state index contributed by atoms with van der Waals surface area (Å²) in [6.45, 7) is 0.267. The Morgan fingerprint density at radius 2 is 2.06 bits per heavy atom. The molecule has 4 amide bonds. The number of nitrogens with one attached hydrogen (secondary N) is 3. The van der Waals surface area contributed by atoms with Gasteiger partial charge in [0.2, 0.25) is 0 Å². The first-order valence-electron chi connectivity index (χ1n) is 4.92. The lowest BCUT2D eigenvalue weighted by Gasteiger charge is -2.20. The molecule has 0 aromatic heterocycles. The van der Waals surface area contributed by atoms with E-state index in [0.29, 0.717) is 6.42 Å². The number of carboxylic acids is 1. The summed E-state index contributed by atoms with van der Waals surface area (Å²) in [4.78, 5) is 34.0. The van der Waals surface area contributed by atoms with E-state index in [4.69, 9.17) is 0 Å². The summed E-state index contributed by atoms with van der Waals surface area (Å²) in [6, 6.07) is -0.666. The number of aliphatic carboxylic acids is 1. The molecule has 2 rings (SSSR count). The van der Waals surface area contributed by atoms with Gasteiger partial charge in [-0.2, -0.15) is 0 Å². The lowest BCUT2D eigenvalue weighted by Crippen LogP contribution is -2.44. The largest absolute Gasteiger partial charge is 0.550 e. The zero-order chi connectivity index (χ0) is 11.7. The Hall–Kier alpha value is -1.99. The maximum Gasteiger partial charge on any atom is 0.320 e. The van der Waals surface area contributed by atoms with Gasteiger partial charge in [-0.05, 0) is 12.8 Å². The van der Waals surface area contributed by atoms with Crippen LogP contribution in [-0.2, 0) is 4.79 Å². The second kappa shape index (κ2) is 3.87. The van der Waals surface area contributed by atoms with E-state index in [1.165, 1.54) is 4.90 Å². The van der Waals surface area contributed by atoms with E-state index in [1.807, 2.05) is 0 Å². The minimum atomic E-state index is -1.15. The van der Waals surface area contributed by atoms with Gasteiger partial charge in [0.25, 0.3) is 0 Å². The van der Waals surface area contributed by atoms with Crippen LogP contribution in [0, 0.1) is 0 Å². The molecule has 0 spiro atoms. The zero-order valence-corrected chi connectivity index (χ0v) is 8.36. The second-order valence-electron chi connectivity index (χ2n) is 3.66. The number of urea groups is 2. The number of carbonyl (C=O) groups is 3. The highest BCUT2D eigenvalue weighted by Crippen LogP contribution is 2.14. The quantitative estimate of drug-likeness (QED) is 0.493. The zero-order valence-electron chi connectivity index (χ0n) is 8.36. The van der Waals surface area contributed by atoms with E-state index in [9.17, 15) is 19.5 Å². The number of carbonyl (C=O) groups excluding carboxylic acids is 3. The van der Waals surface area contributed by atoms with Crippen LogP contribution in [0.2, 0.25) is 0 Å². The molecule has 2 fully saturated rings. The van der Waals surface area contributed by atoms with Gasteiger partial charge in [0.1, 0.15) is 12.3 Å². The number of hydrogen-bond donors (Lipinski definition) is 3. The predicted octanol–water partition coefficient (Wildman–Crippen LogP) is -2.49. The molecule has 0 radical (unpaired) electrons. The Morgan fingerprint density at radius 3 is 2.75 bits per heavy atom. The number of rotatable bonds is 4. The first kappa shape index (κ1) is 10.5. The standard InChI is InChI=1S/C8H12N4O4/c13-4(14)2-1-3-12-6-5(10-8(12)16)9-7(15)11-6/h5-6H,1-3H2,(H,10,16)(H,13,14)(H2,9,11,15)/p-1/t5-,6-/m0/s1. The Bertz CT molecular complexity index is 345. The maximum absolute atomic E-state index is 11.4. The number of hydrogen-bond acceptors (Lipinski definition) is 4. The summed E-state index contributed by atoms with van der Waals surface area (Å²) in [6.07, 6.45) is -0.693. The fourth-order valence-electron chi connectivity index (χ4n) is 1.83. The third kappa shape index (κ3) is 1.86. The van der Waals surface area contributed by atoms with E-state index in [-0.39, 0.29) is 25.0 Å². The molecule has 2 atom stereocenters. The van der Waals surface area contributed by atoms with Gasteiger partial charge in [0.05, 0.1) is 0 Å².